The van der Waals surface area contributed by atoms with Crippen LogP contribution in [-0.4, -0.2) is 9.97 Å². The summed E-state index contributed by atoms with van der Waals surface area (Å²) in [5.74, 6) is 0.978. The molecule has 0 aliphatic heterocycles. The summed E-state index contributed by atoms with van der Waals surface area (Å²) in [6, 6.07) is 42.0. The minimum Gasteiger partial charge on any atom is -0.501 e. The van der Waals surface area contributed by atoms with E-state index in [1.165, 1.54) is 27.8 Å². The normalized spacial score (nSPS) is 11.6. The first kappa shape index (κ1) is 33.0. The topological polar surface area (TPSA) is 38.9 Å². The Morgan fingerprint density at radius 2 is 1.54 bits per heavy atom. The molecule has 1 unspecified atom stereocenters. The first-order valence-electron chi connectivity index (χ1n) is 15.6. The summed E-state index contributed by atoms with van der Waals surface area (Å²) in [4.78, 5) is 8.98. The summed E-state index contributed by atoms with van der Waals surface area (Å²) in [6.07, 6.45) is 4.87. The fourth-order valence-electron chi connectivity index (χ4n) is 5.70. The van der Waals surface area contributed by atoms with E-state index in [1.54, 1.807) is 6.20 Å². The summed E-state index contributed by atoms with van der Waals surface area (Å²) in [7, 11) is 0. The van der Waals surface area contributed by atoms with Gasteiger partial charge in [0.25, 0.3) is 0 Å². The van der Waals surface area contributed by atoms with E-state index in [9.17, 15) is 0 Å². The molecule has 0 amide bonds. The molecule has 46 heavy (non-hydrogen) atoms. The molecule has 0 spiro atoms. The minimum absolute atomic E-state index is 0. The fourth-order valence-corrected chi connectivity index (χ4v) is 5.70. The van der Waals surface area contributed by atoms with E-state index in [1.807, 2.05) is 42.6 Å². The van der Waals surface area contributed by atoms with Gasteiger partial charge in [0.1, 0.15) is 5.58 Å². The first-order chi connectivity index (χ1) is 21.9. The zero-order chi connectivity index (χ0) is 31.3. The molecule has 0 N–H and O–H groups in total. The standard InChI is InChI=1S/C25H18NO.C17H20N.Ir/c1-17(18-8-3-2-4-9-18)19-13-14-20-21-10-7-11-22(23-12-5-6-15-26-23)25(21)27-24(20)16-19;1-12(2)9-16-10-17(18-11-14(16)4)15-7-5-13(3)6-8-15;/h2-10,12-17H,1H3;5-7,10-12H,9H2,1-4H3;/q2*-1;. The van der Waals surface area contributed by atoms with Gasteiger partial charge in [-0.25, -0.2) is 0 Å². The molecule has 0 bridgehead atoms. The Morgan fingerprint density at radius 3 is 2.26 bits per heavy atom. The second-order valence-corrected chi connectivity index (χ2v) is 12.2. The molecule has 0 saturated heterocycles. The van der Waals surface area contributed by atoms with Gasteiger partial charge >= 0.3 is 0 Å². The Hall–Kier alpha value is -4.37. The van der Waals surface area contributed by atoms with Gasteiger partial charge in [0, 0.05) is 43.8 Å². The smallest absolute Gasteiger partial charge is 0.121 e. The minimum atomic E-state index is 0. The van der Waals surface area contributed by atoms with E-state index in [4.69, 9.17) is 4.42 Å². The molecule has 0 aliphatic rings. The van der Waals surface area contributed by atoms with Crippen LogP contribution in [0.4, 0.5) is 0 Å². The third-order valence-corrected chi connectivity index (χ3v) is 8.26. The Bertz CT molecular complexity index is 2030. The summed E-state index contributed by atoms with van der Waals surface area (Å²) in [5, 5.41) is 2.23. The van der Waals surface area contributed by atoms with E-state index in [0.717, 1.165) is 50.9 Å². The molecule has 233 valence electrons. The van der Waals surface area contributed by atoms with Crippen molar-refractivity contribution in [3.8, 4) is 22.5 Å². The number of pyridine rings is 2. The van der Waals surface area contributed by atoms with Gasteiger partial charge in [0.2, 0.25) is 0 Å². The van der Waals surface area contributed by atoms with Crippen molar-refractivity contribution in [1.29, 1.82) is 0 Å². The van der Waals surface area contributed by atoms with Gasteiger partial charge < -0.3 is 14.4 Å². The van der Waals surface area contributed by atoms with Crippen LogP contribution in [0, 0.1) is 31.9 Å². The number of rotatable bonds is 6. The third kappa shape index (κ3) is 7.36. The molecule has 3 aromatic heterocycles. The first-order valence-corrected chi connectivity index (χ1v) is 15.6. The van der Waals surface area contributed by atoms with Gasteiger partial charge in [-0.3, -0.25) is 0 Å². The van der Waals surface area contributed by atoms with Crippen LogP contribution in [0.2, 0.25) is 0 Å². The van der Waals surface area contributed by atoms with Crippen molar-refractivity contribution in [3.05, 3.63) is 155 Å². The number of benzene rings is 4. The summed E-state index contributed by atoms with van der Waals surface area (Å²) < 4.78 is 6.29. The average molecular weight is 779 g/mol. The Morgan fingerprint density at radius 1 is 0.739 bits per heavy atom. The Labute approximate surface area is 286 Å². The van der Waals surface area contributed by atoms with Crippen LogP contribution in [0.5, 0.6) is 0 Å². The van der Waals surface area contributed by atoms with Crippen molar-refractivity contribution >= 4 is 21.9 Å². The van der Waals surface area contributed by atoms with Gasteiger partial charge in [0.05, 0.1) is 5.58 Å². The number of aryl methyl sites for hydroxylation is 2. The number of furan rings is 1. The van der Waals surface area contributed by atoms with E-state index in [2.05, 4.69) is 123 Å². The molecular weight excluding hydrogens is 741 g/mol. The van der Waals surface area contributed by atoms with Crippen LogP contribution in [0.3, 0.4) is 0 Å². The average Bonchev–Trinajstić information content (AvgIpc) is 3.45. The molecular formula is C42H38IrN2O-2. The zero-order valence-corrected chi connectivity index (χ0v) is 29.4. The third-order valence-electron chi connectivity index (χ3n) is 8.26. The monoisotopic (exact) mass is 779 g/mol. The van der Waals surface area contributed by atoms with E-state index >= 15 is 0 Å². The number of nitrogens with zero attached hydrogens (tertiary/aromatic N) is 2. The second kappa shape index (κ2) is 14.8. The van der Waals surface area contributed by atoms with E-state index in [-0.39, 0.29) is 20.1 Å². The van der Waals surface area contributed by atoms with E-state index < -0.39 is 0 Å². The molecule has 4 aromatic carbocycles. The molecule has 7 aromatic rings. The Balaban J connectivity index is 0.000000193. The molecule has 1 atom stereocenters. The molecule has 0 fully saturated rings. The SMILES string of the molecule is CC(c1ccccc1)c1ccc2c(c1)oc1c(-c3ccccn3)[c-]ccc12.Cc1c[c-]c(-c2cc(CC(C)C)c(C)cn2)cc1.[Ir]. The summed E-state index contributed by atoms with van der Waals surface area (Å²) in [5.41, 5.74) is 12.1. The number of fused-ring (bicyclic) bond motifs is 3. The van der Waals surface area contributed by atoms with Crippen molar-refractivity contribution < 1.29 is 24.5 Å². The van der Waals surface area contributed by atoms with Gasteiger partial charge in [-0.2, -0.15) is 0 Å². The summed E-state index contributed by atoms with van der Waals surface area (Å²) >= 11 is 0. The maximum atomic E-state index is 6.29. The fraction of sp³-hybridized carbons (Fsp3) is 0.190. The molecule has 3 nitrogen and oxygen atoms in total. The van der Waals surface area contributed by atoms with Crippen molar-refractivity contribution in [2.75, 3.05) is 0 Å². The van der Waals surface area contributed by atoms with Gasteiger partial charge in [-0.1, -0.05) is 105 Å². The van der Waals surface area contributed by atoms with Gasteiger partial charge in [0.15, 0.2) is 0 Å². The van der Waals surface area contributed by atoms with Crippen LogP contribution in [-0.2, 0) is 26.5 Å². The number of aromatic nitrogens is 2. The maximum Gasteiger partial charge on any atom is 0.121 e. The van der Waals surface area contributed by atoms with Crippen LogP contribution in [0.1, 0.15) is 54.5 Å². The van der Waals surface area contributed by atoms with Crippen LogP contribution < -0.4 is 0 Å². The molecule has 7 rings (SSSR count). The predicted molar refractivity (Wildman–Crippen MR) is 186 cm³/mol. The van der Waals surface area contributed by atoms with Crippen LogP contribution >= 0.6 is 0 Å². The van der Waals surface area contributed by atoms with Crippen molar-refractivity contribution in [3.63, 3.8) is 0 Å². The molecule has 3 heterocycles. The quantitative estimate of drug-likeness (QED) is 0.158. The van der Waals surface area contributed by atoms with Gasteiger partial charge in [-0.15, -0.1) is 53.6 Å². The molecule has 0 aliphatic carbocycles. The zero-order valence-electron chi connectivity index (χ0n) is 27.0. The van der Waals surface area contributed by atoms with Crippen LogP contribution in [0.25, 0.3) is 44.5 Å². The van der Waals surface area contributed by atoms with Crippen molar-refractivity contribution in [2.45, 2.75) is 47.0 Å². The van der Waals surface area contributed by atoms with Crippen molar-refractivity contribution in [1.82, 2.24) is 9.97 Å². The van der Waals surface area contributed by atoms with Crippen LogP contribution in [0.15, 0.2) is 120 Å². The van der Waals surface area contributed by atoms with Gasteiger partial charge in [-0.05, 0) is 59.5 Å². The summed E-state index contributed by atoms with van der Waals surface area (Å²) in [6.45, 7) is 10.9. The van der Waals surface area contributed by atoms with E-state index in [0.29, 0.717) is 11.8 Å². The maximum absolute atomic E-state index is 6.29. The van der Waals surface area contributed by atoms with Crippen molar-refractivity contribution in [2.24, 2.45) is 5.92 Å². The number of hydrogen-bond donors (Lipinski definition) is 0. The predicted octanol–water partition coefficient (Wildman–Crippen LogP) is 11.0. The largest absolute Gasteiger partial charge is 0.501 e. The number of hydrogen-bond acceptors (Lipinski definition) is 3. The second-order valence-electron chi connectivity index (χ2n) is 12.2. The molecule has 0 saturated carbocycles. The molecule has 1 radical (unpaired) electrons. The molecule has 4 heteroatoms. The Kier molecular flexibility index (Phi) is 10.6.